The number of aliphatic hydroxyl groups excluding tert-OH is 1. The minimum atomic E-state index is -3.98. The second kappa shape index (κ2) is 8.34. The third kappa shape index (κ3) is 4.16. The number of amides is 1. The minimum absolute atomic E-state index is 0.0232. The Bertz CT molecular complexity index is 1020. The van der Waals surface area contributed by atoms with Crippen molar-refractivity contribution in [3.8, 4) is 0 Å². The van der Waals surface area contributed by atoms with Crippen molar-refractivity contribution in [1.29, 1.82) is 0 Å². The van der Waals surface area contributed by atoms with Crippen molar-refractivity contribution in [2.75, 3.05) is 18.5 Å². The standard InChI is InChI=1S/C18H17Cl2FN2O4S/c19-14-5-3-11(18(25)22-12-4-6-16(21)15(20)9-12)8-17(14)28(26,27)23-7-1-2-13(23)10-24/h3-6,8-9,13,24H,1-2,7,10H2,(H,22,25). The van der Waals surface area contributed by atoms with Crippen LogP contribution in [0.3, 0.4) is 0 Å². The molecule has 0 saturated carbocycles. The molecule has 0 spiro atoms. The SMILES string of the molecule is O=C(Nc1ccc(F)c(Cl)c1)c1ccc(Cl)c(S(=O)(=O)N2CCCC2CO)c1. The number of aliphatic hydroxyl groups is 1. The molecular weight excluding hydrogens is 430 g/mol. The number of halogens is 3. The minimum Gasteiger partial charge on any atom is -0.395 e. The molecule has 0 bridgehead atoms. The van der Waals surface area contributed by atoms with Crippen molar-refractivity contribution in [1.82, 2.24) is 4.31 Å². The molecule has 10 heteroatoms. The van der Waals surface area contributed by atoms with Gasteiger partial charge in [0.25, 0.3) is 5.91 Å². The van der Waals surface area contributed by atoms with Crippen molar-refractivity contribution < 1.29 is 22.7 Å². The lowest BCUT2D eigenvalue weighted by molar-refractivity contribution is 0.102. The van der Waals surface area contributed by atoms with E-state index in [4.69, 9.17) is 23.2 Å². The summed E-state index contributed by atoms with van der Waals surface area (Å²) in [7, 11) is -3.98. The van der Waals surface area contributed by atoms with Crippen LogP contribution in [0, 0.1) is 5.82 Å². The smallest absolute Gasteiger partial charge is 0.255 e. The van der Waals surface area contributed by atoms with Crippen molar-refractivity contribution >= 4 is 44.8 Å². The first kappa shape index (κ1) is 21.0. The number of benzene rings is 2. The Morgan fingerprint density at radius 3 is 2.64 bits per heavy atom. The highest BCUT2D eigenvalue weighted by Gasteiger charge is 2.36. The summed E-state index contributed by atoms with van der Waals surface area (Å²) in [6.45, 7) is -0.0171. The third-order valence-electron chi connectivity index (χ3n) is 4.49. The maximum absolute atomic E-state index is 13.2. The van der Waals surface area contributed by atoms with Crippen LogP contribution in [-0.4, -0.2) is 42.9 Å². The lowest BCUT2D eigenvalue weighted by atomic mass is 10.2. The van der Waals surface area contributed by atoms with Crippen LogP contribution in [0.4, 0.5) is 10.1 Å². The van der Waals surface area contributed by atoms with Crippen molar-refractivity contribution in [2.45, 2.75) is 23.8 Å². The summed E-state index contributed by atoms with van der Waals surface area (Å²) in [4.78, 5) is 12.3. The van der Waals surface area contributed by atoms with E-state index >= 15 is 0 Å². The molecule has 1 aliphatic rings. The molecule has 150 valence electrons. The predicted molar refractivity (Wildman–Crippen MR) is 105 cm³/mol. The molecule has 1 atom stereocenters. The van der Waals surface area contributed by atoms with Gasteiger partial charge in [0.1, 0.15) is 10.7 Å². The van der Waals surface area contributed by atoms with E-state index in [0.29, 0.717) is 12.8 Å². The first-order valence-electron chi connectivity index (χ1n) is 8.42. The van der Waals surface area contributed by atoms with Gasteiger partial charge in [-0.3, -0.25) is 4.79 Å². The number of nitrogens with one attached hydrogen (secondary N) is 1. The molecule has 1 heterocycles. The van der Waals surface area contributed by atoms with Gasteiger partial charge in [-0.05, 0) is 49.2 Å². The number of anilines is 1. The number of carbonyl (C=O) groups is 1. The summed E-state index contributed by atoms with van der Waals surface area (Å²) in [5.74, 6) is -1.22. The highest BCUT2D eigenvalue weighted by molar-refractivity contribution is 7.89. The fraction of sp³-hybridized carbons (Fsp3) is 0.278. The first-order chi connectivity index (χ1) is 13.2. The Morgan fingerprint density at radius 2 is 1.96 bits per heavy atom. The van der Waals surface area contributed by atoms with Gasteiger partial charge >= 0.3 is 0 Å². The second-order valence-electron chi connectivity index (χ2n) is 6.32. The van der Waals surface area contributed by atoms with Crippen LogP contribution in [0.1, 0.15) is 23.2 Å². The van der Waals surface area contributed by atoms with E-state index in [1.165, 1.54) is 34.6 Å². The Kier molecular flexibility index (Phi) is 6.26. The molecule has 1 saturated heterocycles. The molecule has 2 N–H and O–H groups in total. The summed E-state index contributed by atoms with van der Waals surface area (Å²) < 4.78 is 40.4. The number of rotatable bonds is 5. The van der Waals surface area contributed by atoms with Gasteiger partial charge in [0, 0.05) is 23.8 Å². The summed E-state index contributed by atoms with van der Waals surface area (Å²) in [5.41, 5.74) is 0.318. The monoisotopic (exact) mass is 446 g/mol. The van der Waals surface area contributed by atoms with Gasteiger partial charge in [0.15, 0.2) is 0 Å². The summed E-state index contributed by atoms with van der Waals surface area (Å²) in [5, 5.41) is 11.8. The molecule has 1 unspecified atom stereocenters. The lowest BCUT2D eigenvalue weighted by Gasteiger charge is -2.23. The molecule has 1 aliphatic heterocycles. The van der Waals surface area contributed by atoms with E-state index in [-0.39, 0.29) is 39.3 Å². The molecule has 2 aromatic carbocycles. The van der Waals surface area contributed by atoms with Gasteiger partial charge in [-0.25, -0.2) is 12.8 Å². The predicted octanol–water partition coefficient (Wildman–Crippen LogP) is 3.53. The number of hydrogen-bond donors (Lipinski definition) is 2. The van der Waals surface area contributed by atoms with E-state index in [0.717, 1.165) is 6.07 Å². The van der Waals surface area contributed by atoms with Crippen LogP contribution in [0.15, 0.2) is 41.3 Å². The van der Waals surface area contributed by atoms with E-state index < -0.39 is 27.8 Å². The first-order valence-corrected chi connectivity index (χ1v) is 10.6. The summed E-state index contributed by atoms with van der Waals surface area (Å²) in [6, 6.07) is 7.07. The molecule has 1 fully saturated rings. The molecule has 2 aromatic rings. The van der Waals surface area contributed by atoms with E-state index in [1.807, 2.05) is 0 Å². The molecular formula is C18H17Cl2FN2O4S. The van der Waals surface area contributed by atoms with Gasteiger partial charge < -0.3 is 10.4 Å². The number of hydrogen-bond acceptors (Lipinski definition) is 4. The number of sulfonamides is 1. The van der Waals surface area contributed by atoms with Crippen LogP contribution in [-0.2, 0) is 10.0 Å². The van der Waals surface area contributed by atoms with Crippen LogP contribution in [0.2, 0.25) is 10.0 Å². The largest absolute Gasteiger partial charge is 0.395 e. The van der Waals surface area contributed by atoms with E-state index in [2.05, 4.69) is 5.32 Å². The van der Waals surface area contributed by atoms with E-state index in [9.17, 15) is 22.7 Å². The molecule has 1 amide bonds. The molecule has 0 aliphatic carbocycles. The number of carbonyl (C=O) groups excluding carboxylic acids is 1. The Labute approximate surface area is 171 Å². The Morgan fingerprint density at radius 1 is 1.21 bits per heavy atom. The third-order valence-corrected chi connectivity index (χ3v) is 7.21. The highest BCUT2D eigenvalue weighted by Crippen LogP contribution is 2.31. The summed E-state index contributed by atoms with van der Waals surface area (Å²) >= 11 is 11.8. The van der Waals surface area contributed by atoms with Gasteiger partial charge in [0.05, 0.1) is 16.7 Å². The second-order valence-corrected chi connectivity index (χ2v) is 9.00. The zero-order valence-electron chi connectivity index (χ0n) is 14.5. The van der Waals surface area contributed by atoms with Crippen LogP contribution in [0.5, 0.6) is 0 Å². The fourth-order valence-electron chi connectivity index (χ4n) is 3.05. The van der Waals surface area contributed by atoms with Crippen LogP contribution in [0.25, 0.3) is 0 Å². The molecule has 28 heavy (non-hydrogen) atoms. The molecule has 3 rings (SSSR count). The van der Waals surface area contributed by atoms with Crippen molar-refractivity contribution in [3.05, 3.63) is 57.8 Å². The van der Waals surface area contributed by atoms with Gasteiger partial charge in [0.2, 0.25) is 10.0 Å². The van der Waals surface area contributed by atoms with Gasteiger partial charge in [-0.15, -0.1) is 0 Å². The fourth-order valence-corrected chi connectivity index (χ4v) is 5.42. The van der Waals surface area contributed by atoms with E-state index in [1.54, 1.807) is 0 Å². The molecule has 0 radical (unpaired) electrons. The zero-order valence-corrected chi connectivity index (χ0v) is 16.9. The Hall–Kier alpha value is -1.71. The maximum Gasteiger partial charge on any atom is 0.255 e. The maximum atomic E-state index is 13.2. The average molecular weight is 447 g/mol. The van der Waals surface area contributed by atoms with Crippen LogP contribution < -0.4 is 5.32 Å². The zero-order chi connectivity index (χ0) is 20.5. The van der Waals surface area contributed by atoms with Crippen molar-refractivity contribution in [2.24, 2.45) is 0 Å². The number of nitrogens with zero attached hydrogens (tertiary/aromatic N) is 1. The van der Waals surface area contributed by atoms with Gasteiger partial charge in [-0.1, -0.05) is 23.2 Å². The quantitative estimate of drug-likeness (QED) is 0.735. The lowest BCUT2D eigenvalue weighted by Crippen LogP contribution is -2.37. The topological polar surface area (TPSA) is 86.7 Å². The summed E-state index contributed by atoms with van der Waals surface area (Å²) in [6.07, 6.45) is 1.19. The van der Waals surface area contributed by atoms with Crippen molar-refractivity contribution in [3.63, 3.8) is 0 Å². The molecule has 0 aromatic heterocycles. The molecule has 6 nitrogen and oxygen atoms in total. The highest BCUT2D eigenvalue weighted by atomic mass is 35.5. The Balaban J connectivity index is 1.90. The van der Waals surface area contributed by atoms with Crippen LogP contribution >= 0.6 is 23.2 Å². The van der Waals surface area contributed by atoms with Gasteiger partial charge in [-0.2, -0.15) is 4.31 Å². The average Bonchev–Trinajstić information content (AvgIpc) is 3.14. The normalized spacial score (nSPS) is 17.6.